The van der Waals surface area contributed by atoms with Crippen molar-refractivity contribution in [2.75, 3.05) is 0 Å². The van der Waals surface area contributed by atoms with Gasteiger partial charge in [0.2, 0.25) is 0 Å². The van der Waals surface area contributed by atoms with Gasteiger partial charge < -0.3 is 4.79 Å². The van der Waals surface area contributed by atoms with Gasteiger partial charge >= 0.3 is 0 Å². The van der Waals surface area contributed by atoms with Crippen LogP contribution in [0.4, 0.5) is 0 Å². The second kappa shape index (κ2) is 7.03. The van der Waals surface area contributed by atoms with E-state index in [-0.39, 0.29) is 0 Å². The van der Waals surface area contributed by atoms with Gasteiger partial charge in [-0.05, 0) is 37.0 Å². The first-order chi connectivity index (χ1) is 6.88. The highest BCUT2D eigenvalue weighted by Crippen LogP contribution is 2.32. The molecule has 0 heterocycles. The molecule has 0 bridgehead atoms. The summed E-state index contributed by atoms with van der Waals surface area (Å²) in [5.41, 5.74) is 0. The fourth-order valence-corrected chi connectivity index (χ4v) is 2.53. The number of carbonyl (C=O) groups excluding carboxylic acids is 1. The van der Waals surface area contributed by atoms with Crippen LogP contribution in [0, 0.1) is 23.7 Å². The average Bonchev–Trinajstić information content (AvgIpc) is 2.09. The fourth-order valence-electron chi connectivity index (χ4n) is 2.53. The van der Waals surface area contributed by atoms with Gasteiger partial charge in [0.1, 0.15) is 5.78 Å². The summed E-state index contributed by atoms with van der Waals surface area (Å²) in [5.74, 6) is 3.00. The third-order valence-electron chi connectivity index (χ3n) is 3.28. The highest BCUT2D eigenvalue weighted by molar-refractivity contribution is 5.75. The monoisotopic (exact) mass is 212 g/mol. The molecular weight excluding hydrogens is 184 g/mol. The Labute approximate surface area is 95.6 Å². The van der Waals surface area contributed by atoms with Crippen LogP contribution in [0.25, 0.3) is 0 Å². The molecule has 0 radical (unpaired) electrons. The molecule has 0 aromatic heterocycles. The van der Waals surface area contributed by atoms with Crippen molar-refractivity contribution in [3.8, 4) is 0 Å². The van der Waals surface area contributed by atoms with Crippen LogP contribution in [0.5, 0.6) is 0 Å². The molecule has 15 heavy (non-hydrogen) atoms. The number of rotatable bonds is 7. The summed E-state index contributed by atoms with van der Waals surface area (Å²) >= 11 is 0. The van der Waals surface area contributed by atoms with E-state index >= 15 is 0 Å². The quantitative estimate of drug-likeness (QED) is 0.614. The molecule has 1 unspecified atom stereocenters. The van der Waals surface area contributed by atoms with Gasteiger partial charge in [0.25, 0.3) is 0 Å². The van der Waals surface area contributed by atoms with Crippen LogP contribution in [-0.4, -0.2) is 5.78 Å². The van der Waals surface area contributed by atoms with Crippen LogP contribution in [0.3, 0.4) is 0 Å². The molecule has 1 nitrogen and oxygen atoms in total. The van der Waals surface area contributed by atoms with Gasteiger partial charge in [0.05, 0.1) is 0 Å². The van der Waals surface area contributed by atoms with E-state index in [0.29, 0.717) is 23.5 Å². The summed E-state index contributed by atoms with van der Waals surface area (Å²) in [5, 5.41) is 0. The topological polar surface area (TPSA) is 17.1 Å². The largest absolute Gasteiger partial charge is 0.300 e. The molecule has 0 amide bonds. The van der Waals surface area contributed by atoms with Gasteiger partial charge in [-0.3, -0.25) is 0 Å². The average molecular weight is 212 g/mol. The highest BCUT2D eigenvalue weighted by atomic mass is 16.1. The van der Waals surface area contributed by atoms with Crippen molar-refractivity contribution in [3.63, 3.8) is 0 Å². The van der Waals surface area contributed by atoms with Crippen molar-refractivity contribution >= 4 is 5.78 Å². The van der Waals surface area contributed by atoms with Crippen molar-refractivity contribution in [1.82, 2.24) is 0 Å². The first-order valence-corrected chi connectivity index (χ1v) is 6.37. The lowest BCUT2D eigenvalue weighted by atomic mass is 9.75. The summed E-state index contributed by atoms with van der Waals surface area (Å²) in [4.78, 5) is 11.3. The molecule has 0 aliphatic carbocycles. The molecule has 0 N–H and O–H groups in total. The van der Waals surface area contributed by atoms with Gasteiger partial charge in [-0.1, -0.05) is 41.0 Å². The Kier molecular flexibility index (Phi) is 6.87. The highest BCUT2D eigenvalue weighted by Gasteiger charge is 2.24. The van der Waals surface area contributed by atoms with E-state index < -0.39 is 0 Å². The number of hydrogen-bond acceptors (Lipinski definition) is 1. The number of carbonyl (C=O) groups is 1. The van der Waals surface area contributed by atoms with Gasteiger partial charge in [0, 0.05) is 6.42 Å². The summed E-state index contributed by atoms with van der Waals surface area (Å²) < 4.78 is 0. The third kappa shape index (κ3) is 5.96. The van der Waals surface area contributed by atoms with Crippen LogP contribution in [0.15, 0.2) is 0 Å². The Bertz CT molecular complexity index is 182. The molecule has 0 aromatic rings. The molecule has 2 atom stereocenters. The van der Waals surface area contributed by atoms with Crippen LogP contribution in [0.2, 0.25) is 0 Å². The molecule has 0 fully saturated rings. The predicted octanol–water partition coefficient (Wildman–Crippen LogP) is 4.31. The molecular formula is C14H28O. The smallest absolute Gasteiger partial charge is 0.130 e. The van der Waals surface area contributed by atoms with E-state index in [1.54, 1.807) is 6.92 Å². The summed E-state index contributed by atoms with van der Waals surface area (Å²) in [6.07, 6.45) is 3.23. The van der Waals surface area contributed by atoms with Crippen molar-refractivity contribution in [2.45, 2.75) is 60.8 Å². The minimum atomic E-state index is 0.343. The molecule has 0 aromatic carbocycles. The molecule has 0 aliphatic heterocycles. The van der Waals surface area contributed by atoms with Gasteiger partial charge in [-0.25, -0.2) is 0 Å². The van der Waals surface area contributed by atoms with Gasteiger partial charge in [-0.2, -0.15) is 0 Å². The Hall–Kier alpha value is -0.330. The molecule has 0 spiro atoms. The van der Waals surface area contributed by atoms with E-state index in [2.05, 4.69) is 34.6 Å². The maximum atomic E-state index is 11.3. The first kappa shape index (κ1) is 14.7. The Morgan fingerprint density at radius 1 is 1.13 bits per heavy atom. The molecule has 0 rings (SSSR count). The van der Waals surface area contributed by atoms with E-state index in [4.69, 9.17) is 0 Å². The van der Waals surface area contributed by atoms with Crippen LogP contribution in [-0.2, 0) is 4.79 Å². The Morgan fingerprint density at radius 3 is 1.93 bits per heavy atom. The molecule has 0 saturated carbocycles. The number of ketones is 1. The number of hydrogen-bond donors (Lipinski definition) is 0. The second-order valence-corrected chi connectivity index (χ2v) is 5.61. The third-order valence-corrected chi connectivity index (χ3v) is 3.28. The second-order valence-electron chi connectivity index (χ2n) is 5.61. The van der Waals surface area contributed by atoms with Crippen molar-refractivity contribution < 1.29 is 4.79 Å². The minimum absolute atomic E-state index is 0.343. The van der Waals surface area contributed by atoms with Gasteiger partial charge in [-0.15, -0.1) is 0 Å². The predicted molar refractivity (Wildman–Crippen MR) is 66.9 cm³/mol. The number of Topliss-reactive ketones (excluding diaryl/α,β-unsaturated/α-hetero) is 1. The van der Waals surface area contributed by atoms with E-state index in [9.17, 15) is 4.79 Å². The zero-order chi connectivity index (χ0) is 12.0. The summed E-state index contributed by atoms with van der Waals surface area (Å²) in [6, 6.07) is 0. The maximum Gasteiger partial charge on any atom is 0.130 e. The van der Waals surface area contributed by atoms with E-state index in [1.807, 2.05) is 0 Å². The SMILES string of the molecule is CCC(CC(C)C)[C@H](CC(C)=O)C(C)C. The lowest BCUT2D eigenvalue weighted by Gasteiger charge is -2.30. The summed E-state index contributed by atoms with van der Waals surface area (Å²) in [6.45, 7) is 13.0. The van der Waals surface area contributed by atoms with Crippen LogP contribution >= 0.6 is 0 Å². The zero-order valence-electron chi connectivity index (χ0n) is 11.3. The van der Waals surface area contributed by atoms with Crippen LogP contribution in [0.1, 0.15) is 60.8 Å². The van der Waals surface area contributed by atoms with Crippen molar-refractivity contribution in [3.05, 3.63) is 0 Å². The Morgan fingerprint density at radius 2 is 1.67 bits per heavy atom. The fraction of sp³-hybridized carbons (Fsp3) is 0.929. The minimum Gasteiger partial charge on any atom is -0.300 e. The van der Waals surface area contributed by atoms with Crippen molar-refractivity contribution in [2.24, 2.45) is 23.7 Å². The molecule has 0 saturated heterocycles. The lowest BCUT2D eigenvalue weighted by molar-refractivity contribution is -0.118. The Balaban J connectivity index is 4.47. The lowest BCUT2D eigenvalue weighted by Crippen LogP contribution is -2.23. The molecule has 1 heteroatoms. The maximum absolute atomic E-state index is 11.3. The van der Waals surface area contributed by atoms with E-state index in [1.165, 1.54) is 12.8 Å². The normalized spacial score (nSPS) is 15.7. The molecule has 90 valence electrons. The summed E-state index contributed by atoms with van der Waals surface area (Å²) in [7, 11) is 0. The zero-order valence-corrected chi connectivity index (χ0v) is 11.3. The van der Waals surface area contributed by atoms with Crippen molar-refractivity contribution in [1.29, 1.82) is 0 Å². The first-order valence-electron chi connectivity index (χ1n) is 6.37. The van der Waals surface area contributed by atoms with Crippen LogP contribution < -0.4 is 0 Å². The van der Waals surface area contributed by atoms with Gasteiger partial charge in [0.15, 0.2) is 0 Å². The van der Waals surface area contributed by atoms with E-state index in [0.717, 1.165) is 12.3 Å². The molecule has 0 aliphatic rings. The standard InChI is InChI=1S/C14H28O/c1-7-13(8-10(2)3)14(11(4)5)9-12(6)15/h10-11,13-14H,7-9H2,1-6H3/t13?,14-/m1/s1.